The molecule has 0 fully saturated rings. The number of nitrogens with zero attached hydrogens (tertiary/aromatic N) is 7. The summed E-state index contributed by atoms with van der Waals surface area (Å²) in [5.74, 6) is 1.33. The summed E-state index contributed by atoms with van der Waals surface area (Å²) in [5.41, 5.74) is 13.6. The van der Waals surface area contributed by atoms with Crippen molar-refractivity contribution in [2.75, 3.05) is 0 Å². The van der Waals surface area contributed by atoms with Gasteiger partial charge in [0.15, 0.2) is 11.6 Å². The SMILES string of the molecule is N#Cc1ccc(-n2c3ccc(-c4ccccc4)cc3c3cc(-c4ccccc4)ccc32)c(-c2nc(-c3ccc(-c4ccccc4C#N)cc3)nc(-n3c4ccccc4c4ccccc43)n2)c1. The van der Waals surface area contributed by atoms with Gasteiger partial charge in [0.25, 0.3) is 0 Å². The van der Waals surface area contributed by atoms with Gasteiger partial charge in [-0.15, -0.1) is 0 Å². The van der Waals surface area contributed by atoms with Crippen LogP contribution in [0.15, 0.2) is 212 Å². The molecule has 0 radical (unpaired) electrons. The summed E-state index contributed by atoms with van der Waals surface area (Å²) in [6.07, 6.45) is 0. The van der Waals surface area contributed by atoms with Gasteiger partial charge in [-0.2, -0.15) is 20.5 Å². The van der Waals surface area contributed by atoms with E-state index in [-0.39, 0.29) is 0 Å². The van der Waals surface area contributed by atoms with Crippen LogP contribution >= 0.6 is 0 Å². The van der Waals surface area contributed by atoms with E-state index in [0.29, 0.717) is 34.3 Å². The Bertz CT molecular complexity index is 3800. The fraction of sp³-hybridized carbons (Fsp3) is 0. The second-order valence-electron chi connectivity index (χ2n) is 16.3. The molecule has 12 rings (SSSR count). The second-order valence-corrected chi connectivity index (χ2v) is 16.3. The molecule has 0 atom stereocenters. The molecule has 306 valence electrons. The predicted molar refractivity (Wildman–Crippen MR) is 265 cm³/mol. The number of para-hydroxylation sites is 2. The van der Waals surface area contributed by atoms with Crippen molar-refractivity contribution in [2.45, 2.75) is 0 Å². The predicted octanol–water partition coefficient (Wildman–Crippen LogP) is 14.1. The van der Waals surface area contributed by atoms with Crippen molar-refractivity contribution in [1.29, 1.82) is 10.5 Å². The normalized spacial score (nSPS) is 11.3. The van der Waals surface area contributed by atoms with Gasteiger partial charge in [0, 0.05) is 32.7 Å². The van der Waals surface area contributed by atoms with Crippen molar-refractivity contribution in [3.05, 3.63) is 223 Å². The lowest BCUT2D eigenvalue weighted by Crippen LogP contribution is -2.08. The molecule has 0 saturated carbocycles. The van der Waals surface area contributed by atoms with Crippen molar-refractivity contribution in [3.8, 4) is 79.9 Å². The minimum absolute atomic E-state index is 0.416. The first kappa shape index (κ1) is 38.3. The van der Waals surface area contributed by atoms with Crippen molar-refractivity contribution in [2.24, 2.45) is 0 Å². The Morgan fingerprint density at radius 3 is 1.45 bits per heavy atom. The van der Waals surface area contributed by atoms with E-state index in [4.69, 9.17) is 15.0 Å². The molecule has 9 aromatic carbocycles. The van der Waals surface area contributed by atoms with Crippen LogP contribution in [0.5, 0.6) is 0 Å². The molecular formula is C59H35N7. The van der Waals surface area contributed by atoms with Crippen molar-refractivity contribution in [1.82, 2.24) is 24.1 Å². The highest BCUT2D eigenvalue weighted by Gasteiger charge is 2.23. The maximum atomic E-state index is 10.4. The van der Waals surface area contributed by atoms with Gasteiger partial charge in [-0.1, -0.05) is 152 Å². The van der Waals surface area contributed by atoms with Crippen molar-refractivity contribution in [3.63, 3.8) is 0 Å². The van der Waals surface area contributed by atoms with Gasteiger partial charge in [-0.3, -0.25) is 4.57 Å². The zero-order valence-electron chi connectivity index (χ0n) is 35.3. The zero-order valence-corrected chi connectivity index (χ0v) is 35.3. The van der Waals surface area contributed by atoms with E-state index in [1.54, 1.807) is 0 Å². The summed E-state index contributed by atoms with van der Waals surface area (Å²) in [6, 6.07) is 76.8. The van der Waals surface area contributed by atoms with Gasteiger partial charge < -0.3 is 4.57 Å². The van der Waals surface area contributed by atoms with Crippen molar-refractivity contribution >= 4 is 43.6 Å². The van der Waals surface area contributed by atoms with Crippen LogP contribution in [0.25, 0.3) is 111 Å². The average molecular weight is 842 g/mol. The number of fused-ring (bicyclic) bond motifs is 6. The zero-order chi connectivity index (χ0) is 44.1. The number of rotatable bonds is 7. The lowest BCUT2D eigenvalue weighted by atomic mass is 9.99. The van der Waals surface area contributed by atoms with E-state index in [1.165, 1.54) is 0 Å². The number of benzene rings is 9. The Labute approximate surface area is 380 Å². The third kappa shape index (κ3) is 6.39. The fourth-order valence-electron chi connectivity index (χ4n) is 9.37. The highest BCUT2D eigenvalue weighted by molar-refractivity contribution is 6.12. The monoisotopic (exact) mass is 841 g/mol. The molecule has 66 heavy (non-hydrogen) atoms. The lowest BCUT2D eigenvalue weighted by Gasteiger charge is -2.16. The maximum Gasteiger partial charge on any atom is 0.238 e. The van der Waals surface area contributed by atoms with E-state index in [9.17, 15) is 10.5 Å². The van der Waals surface area contributed by atoms with Crippen LogP contribution in [0.3, 0.4) is 0 Å². The standard InChI is InChI=1S/C59H35N7/c60-36-38-23-30-56(65-54-31-28-43(39-13-3-1-4-14-39)34-49(54)50-35-44(29-32-55(50)65)40-15-5-2-6-16-40)51(33-38)58-62-57(42-26-24-41(25-27-42)46-18-8-7-17-45(46)37-61)63-59(64-58)66-52-21-11-9-19-47(52)48-20-10-12-22-53(48)66/h1-35H. The van der Waals surface area contributed by atoms with E-state index < -0.39 is 0 Å². The van der Waals surface area contributed by atoms with Crippen LogP contribution < -0.4 is 0 Å². The largest absolute Gasteiger partial charge is 0.308 e. The summed E-state index contributed by atoms with van der Waals surface area (Å²) >= 11 is 0. The van der Waals surface area contributed by atoms with E-state index in [1.807, 2.05) is 103 Å². The number of nitriles is 2. The molecule has 0 aliphatic rings. The molecule has 0 unspecified atom stereocenters. The van der Waals surface area contributed by atoms with Crippen LogP contribution in [-0.2, 0) is 0 Å². The van der Waals surface area contributed by atoms with Crippen LogP contribution in [0.1, 0.15) is 11.1 Å². The van der Waals surface area contributed by atoms with Crippen LogP contribution in [0.4, 0.5) is 0 Å². The first-order chi connectivity index (χ1) is 32.6. The molecular weight excluding hydrogens is 807 g/mol. The molecule has 0 amide bonds. The summed E-state index contributed by atoms with van der Waals surface area (Å²) in [5, 5.41) is 24.7. The van der Waals surface area contributed by atoms with Gasteiger partial charge in [-0.05, 0) is 94.0 Å². The van der Waals surface area contributed by atoms with Gasteiger partial charge in [-0.25, -0.2) is 4.98 Å². The van der Waals surface area contributed by atoms with Gasteiger partial charge in [0.2, 0.25) is 5.95 Å². The Morgan fingerprint density at radius 1 is 0.333 bits per heavy atom. The third-order valence-electron chi connectivity index (χ3n) is 12.5. The van der Waals surface area contributed by atoms with E-state index in [2.05, 4.69) is 130 Å². The highest BCUT2D eigenvalue weighted by Crippen LogP contribution is 2.40. The molecule has 3 aromatic heterocycles. The van der Waals surface area contributed by atoms with Gasteiger partial charge in [0.1, 0.15) is 0 Å². The quantitative estimate of drug-likeness (QED) is 0.159. The van der Waals surface area contributed by atoms with Crippen molar-refractivity contribution < 1.29 is 0 Å². The van der Waals surface area contributed by atoms with Gasteiger partial charge >= 0.3 is 0 Å². The molecule has 0 aliphatic heterocycles. The maximum absolute atomic E-state index is 10.4. The molecule has 0 N–H and O–H groups in total. The Morgan fingerprint density at radius 2 is 0.848 bits per heavy atom. The molecule has 7 heteroatoms. The lowest BCUT2D eigenvalue weighted by molar-refractivity contribution is 0.951. The summed E-state index contributed by atoms with van der Waals surface area (Å²) < 4.78 is 4.37. The highest BCUT2D eigenvalue weighted by atomic mass is 15.2. The van der Waals surface area contributed by atoms with Crippen LogP contribution in [0.2, 0.25) is 0 Å². The minimum atomic E-state index is 0.416. The first-order valence-corrected chi connectivity index (χ1v) is 21.7. The Kier molecular flexibility index (Phi) is 9.12. The molecule has 0 aliphatic carbocycles. The molecule has 3 heterocycles. The Hall–Kier alpha value is -9.43. The summed E-state index contributed by atoms with van der Waals surface area (Å²) in [6.45, 7) is 0. The minimum Gasteiger partial charge on any atom is -0.308 e. The summed E-state index contributed by atoms with van der Waals surface area (Å²) in [7, 11) is 0. The third-order valence-corrected chi connectivity index (χ3v) is 12.5. The van der Waals surface area contributed by atoms with Crippen LogP contribution in [-0.4, -0.2) is 24.1 Å². The molecule has 12 aromatic rings. The Balaban J connectivity index is 1.12. The topological polar surface area (TPSA) is 96.1 Å². The number of hydrogen-bond donors (Lipinski definition) is 0. The molecule has 0 bridgehead atoms. The number of aromatic nitrogens is 5. The average Bonchev–Trinajstić information content (AvgIpc) is 3.91. The smallest absolute Gasteiger partial charge is 0.238 e. The van der Waals surface area contributed by atoms with Crippen LogP contribution in [0, 0.1) is 22.7 Å². The molecule has 0 spiro atoms. The second kappa shape index (κ2) is 15.7. The van der Waals surface area contributed by atoms with E-state index in [0.717, 1.165) is 88.2 Å². The summed E-state index contributed by atoms with van der Waals surface area (Å²) in [4.78, 5) is 15.9. The number of hydrogen-bond acceptors (Lipinski definition) is 5. The van der Waals surface area contributed by atoms with Gasteiger partial charge in [0.05, 0.1) is 51.0 Å². The van der Waals surface area contributed by atoms with E-state index >= 15 is 0 Å². The fourth-order valence-corrected chi connectivity index (χ4v) is 9.37. The first-order valence-electron chi connectivity index (χ1n) is 21.7. The molecule has 0 saturated heterocycles. The molecule has 7 nitrogen and oxygen atoms in total.